The topological polar surface area (TPSA) is 70.1 Å². The molecular weight excluding hydrogens is 356 g/mol. The third-order valence-corrected chi connectivity index (χ3v) is 4.82. The number of ether oxygens (including phenoxy) is 1. The summed E-state index contributed by atoms with van der Waals surface area (Å²) >= 11 is 0. The molecule has 28 heavy (non-hydrogen) atoms. The third kappa shape index (κ3) is 5.03. The van der Waals surface area contributed by atoms with Crippen molar-refractivity contribution in [1.82, 2.24) is 9.80 Å². The van der Waals surface area contributed by atoms with Crippen LogP contribution in [0.2, 0.25) is 0 Å². The lowest BCUT2D eigenvalue weighted by Gasteiger charge is -2.22. The molecule has 6 heteroatoms. The molecule has 0 atom stereocenters. The second kappa shape index (κ2) is 9.26. The van der Waals surface area contributed by atoms with Crippen LogP contribution in [0, 0.1) is 0 Å². The number of amides is 2. The van der Waals surface area contributed by atoms with Gasteiger partial charge in [0.1, 0.15) is 11.5 Å². The molecule has 148 valence electrons. The van der Waals surface area contributed by atoms with Crippen LogP contribution >= 0.6 is 0 Å². The summed E-state index contributed by atoms with van der Waals surface area (Å²) < 4.78 is 5.43. The molecule has 1 saturated heterocycles. The number of carbonyl (C=O) groups excluding carboxylic acids is 2. The van der Waals surface area contributed by atoms with Crippen molar-refractivity contribution in [3.05, 3.63) is 59.7 Å². The predicted molar refractivity (Wildman–Crippen MR) is 107 cm³/mol. The summed E-state index contributed by atoms with van der Waals surface area (Å²) in [7, 11) is 0. The summed E-state index contributed by atoms with van der Waals surface area (Å²) in [6, 6.07) is 14.0. The zero-order chi connectivity index (χ0) is 19.9. The monoisotopic (exact) mass is 382 g/mol. The lowest BCUT2D eigenvalue weighted by atomic mass is 10.1. The van der Waals surface area contributed by atoms with Crippen LogP contribution in [0.5, 0.6) is 11.5 Å². The van der Waals surface area contributed by atoms with Gasteiger partial charge >= 0.3 is 0 Å². The first-order chi connectivity index (χ1) is 13.6. The normalized spacial score (nSPS) is 14.5. The summed E-state index contributed by atoms with van der Waals surface area (Å²) in [4.78, 5) is 28.9. The lowest BCUT2D eigenvalue weighted by Crippen LogP contribution is -2.38. The number of phenolic OH excluding ortho intramolecular Hbond substituents is 1. The third-order valence-electron chi connectivity index (χ3n) is 4.82. The fourth-order valence-corrected chi connectivity index (χ4v) is 3.35. The van der Waals surface area contributed by atoms with E-state index in [1.165, 1.54) is 6.07 Å². The Morgan fingerprint density at radius 3 is 2.43 bits per heavy atom. The van der Waals surface area contributed by atoms with E-state index in [4.69, 9.17) is 4.74 Å². The molecule has 0 aliphatic carbocycles. The fraction of sp³-hybridized carbons (Fsp3) is 0.364. The minimum Gasteiger partial charge on any atom is -0.508 e. The van der Waals surface area contributed by atoms with Crippen molar-refractivity contribution in [1.29, 1.82) is 0 Å². The highest BCUT2D eigenvalue weighted by molar-refractivity contribution is 5.94. The van der Waals surface area contributed by atoms with E-state index in [2.05, 4.69) is 0 Å². The molecule has 2 aromatic rings. The van der Waals surface area contributed by atoms with Crippen LogP contribution in [0.3, 0.4) is 0 Å². The van der Waals surface area contributed by atoms with Gasteiger partial charge in [0.2, 0.25) is 5.91 Å². The molecule has 0 spiro atoms. The minimum absolute atomic E-state index is 0.0656. The van der Waals surface area contributed by atoms with Gasteiger partial charge in [0.25, 0.3) is 5.91 Å². The van der Waals surface area contributed by atoms with Gasteiger partial charge in [-0.25, -0.2) is 0 Å². The van der Waals surface area contributed by atoms with Crippen molar-refractivity contribution < 1.29 is 19.4 Å². The molecule has 0 aromatic heterocycles. The van der Waals surface area contributed by atoms with Crippen LogP contribution in [0.15, 0.2) is 48.5 Å². The zero-order valence-electron chi connectivity index (χ0n) is 16.1. The first-order valence-corrected chi connectivity index (χ1v) is 9.64. The maximum Gasteiger partial charge on any atom is 0.254 e. The minimum atomic E-state index is -0.114. The number of hydrogen-bond donors (Lipinski definition) is 1. The van der Waals surface area contributed by atoms with Crippen molar-refractivity contribution in [3.8, 4) is 11.5 Å². The van der Waals surface area contributed by atoms with E-state index in [1.807, 2.05) is 36.1 Å². The van der Waals surface area contributed by atoms with E-state index in [0.29, 0.717) is 44.8 Å². The molecule has 1 aliphatic rings. The van der Waals surface area contributed by atoms with Gasteiger partial charge in [-0.15, -0.1) is 0 Å². The van der Waals surface area contributed by atoms with E-state index in [1.54, 1.807) is 23.1 Å². The first kappa shape index (κ1) is 19.7. The van der Waals surface area contributed by atoms with Crippen LogP contribution in [0.4, 0.5) is 0 Å². The highest BCUT2D eigenvalue weighted by Crippen LogP contribution is 2.16. The smallest absolute Gasteiger partial charge is 0.254 e. The number of hydrogen-bond acceptors (Lipinski definition) is 4. The van der Waals surface area contributed by atoms with E-state index in [9.17, 15) is 14.7 Å². The maximum absolute atomic E-state index is 12.7. The molecule has 1 N–H and O–H groups in total. The van der Waals surface area contributed by atoms with E-state index < -0.39 is 0 Å². The van der Waals surface area contributed by atoms with E-state index in [0.717, 1.165) is 17.7 Å². The van der Waals surface area contributed by atoms with Crippen LogP contribution in [-0.2, 0) is 11.2 Å². The van der Waals surface area contributed by atoms with Gasteiger partial charge in [0.15, 0.2) is 0 Å². The summed E-state index contributed by atoms with van der Waals surface area (Å²) in [6.07, 6.45) is 1.08. The first-order valence-electron chi connectivity index (χ1n) is 9.64. The molecule has 6 nitrogen and oxygen atoms in total. The number of rotatable bonds is 5. The molecule has 0 unspecified atom stereocenters. The Hall–Kier alpha value is -3.02. The molecule has 2 aromatic carbocycles. The molecule has 3 rings (SSSR count). The van der Waals surface area contributed by atoms with E-state index in [-0.39, 0.29) is 17.6 Å². The van der Waals surface area contributed by atoms with Crippen LogP contribution in [-0.4, -0.2) is 59.5 Å². The maximum atomic E-state index is 12.7. The summed E-state index contributed by atoms with van der Waals surface area (Å²) in [5.74, 6) is 0.829. The molecule has 2 amide bonds. The Labute approximate surface area is 165 Å². The highest BCUT2D eigenvalue weighted by atomic mass is 16.5. The fourth-order valence-electron chi connectivity index (χ4n) is 3.35. The number of carbonyl (C=O) groups is 2. The largest absolute Gasteiger partial charge is 0.508 e. The van der Waals surface area contributed by atoms with Crippen molar-refractivity contribution in [2.24, 2.45) is 0 Å². The number of benzene rings is 2. The second-order valence-corrected chi connectivity index (χ2v) is 6.83. The van der Waals surface area contributed by atoms with E-state index >= 15 is 0 Å². The number of aromatic hydroxyl groups is 1. The summed E-state index contributed by atoms with van der Waals surface area (Å²) in [6.45, 7) is 4.79. The van der Waals surface area contributed by atoms with Crippen LogP contribution in [0.25, 0.3) is 0 Å². The second-order valence-electron chi connectivity index (χ2n) is 6.83. The van der Waals surface area contributed by atoms with Gasteiger partial charge in [0, 0.05) is 31.7 Å². The quantitative estimate of drug-likeness (QED) is 0.863. The summed E-state index contributed by atoms with van der Waals surface area (Å²) in [5.41, 5.74) is 1.42. The van der Waals surface area contributed by atoms with Gasteiger partial charge in [0.05, 0.1) is 13.0 Å². The Kier molecular flexibility index (Phi) is 6.53. The van der Waals surface area contributed by atoms with Gasteiger partial charge < -0.3 is 19.6 Å². The van der Waals surface area contributed by atoms with Crippen molar-refractivity contribution in [2.75, 3.05) is 32.8 Å². The molecule has 1 fully saturated rings. The molecule has 0 saturated carbocycles. The summed E-state index contributed by atoms with van der Waals surface area (Å²) in [5, 5.41) is 9.59. The van der Waals surface area contributed by atoms with Gasteiger partial charge in [-0.05, 0) is 49.2 Å². The Bertz CT molecular complexity index is 820. The Morgan fingerprint density at radius 2 is 1.71 bits per heavy atom. The highest BCUT2D eigenvalue weighted by Gasteiger charge is 2.23. The van der Waals surface area contributed by atoms with Crippen LogP contribution in [0.1, 0.15) is 29.3 Å². The standard InChI is InChI=1S/C22H26N2O4/c1-2-28-20-9-7-17(8-10-20)15-21(26)23-11-4-12-24(14-13-23)22(27)18-5-3-6-19(25)16-18/h3,5-10,16,25H,2,4,11-15H2,1H3. The van der Waals surface area contributed by atoms with Gasteiger partial charge in [-0.1, -0.05) is 18.2 Å². The SMILES string of the molecule is CCOc1ccc(CC(=O)N2CCCN(C(=O)c3cccc(O)c3)CC2)cc1. The number of nitrogens with zero attached hydrogens (tertiary/aromatic N) is 2. The zero-order valence-corrected chi connectivity index (χ0v) is 16.1. The molecule has 0 radical (unpaired) electrons. The Balaban J connectivity index is 1.56. The van der Waals surface area contributed by atoms with Gasteiger partial charge in [-0.3, -0.25) is 9.59 Å². The molecule has 1 heterocycles. The molecular formula is C22H26N2O4. The predicted octanol–water partition coefficient (Wildman–Crippen LogP) is 2.71. The van der Waals surface area contributed by atoms with Crippen molar-refractivity contribution in [2.45, 2.75) is 19.8 Å². The van der Waals surface area contributed by atoms with Crippen molar-refractivity contribution in [3.63, 3.8) is 0 Å². The van der Waals surface area contributed by atoms with Crippen molar-refractivity contribution >= 4 is 11.8 Å². The molecule has 1 aliphatic heterocycles. The average molecular weight is 382 g/mol. The van der Waals surface area contributed by atoms with Crippen LogP contribution < -0.4 is 4.74 Å². The lowest BCUT2D eigenvalue weighted by molar-refractivity contribution is -0.130. The van der Waals surface area contributed by atoms with Gasteiger partial charge in [-0.2, -0.15) is 0 Å². The number of phenols is 1. The molecule has 0 bridgehead atoms. The Morgan fingerprint density at radius 1 is 1.00 bits per heavy atom. The average Bonchev–Trinajstić information content (AvgIpc) is 2.95.